The summed E-state index contributed by atoms with van der Waals surface area (Å²) in [7, 11) is 0. The average Bonchev–Trinajstić information content (AvgIpc) is 3.13. The van der Waals surface area contributed by atoms with Crippen molar-refractivity contribution in [3.63, 3.8) is 0 Å². The number of halogens is 2. The standard InChI is InChI=1S/C13H12Cl2N4O2/c1-2-6-3-7-5-9(11(15)10(14)8(7)4-6)21-13(20)12-16-18-19-17-12/h5-6H,2-4H2,1H3,(H,16,17,18,19). The maximum absolute atomic E-state index is 11.9. The quantitative estimate of drug-likeness (QED) is 0.692. The number of H-pyrrole nitrogens is 1. The van der Waals surface area contributed by atoms with Gasteiger partial charge in [-0.3, -0.25) is 0 Å². The lowest BCUT2D eigenvalue weighted by Gasteiger charge is -2.10. The lowest BCUT2D eigenvalue weighted by molar-refractivity contribution is 0.0722. The van der Waals surface area contributed by atoms with Crippen LogP contribution in [0.15, 0.2) is 6.07 Å². The van der Waals surface area contributed by atoms with Crippen LogP contribution in [0.5, 0.6) is 5.75 Å². The fraction of sp³-hybridized carbons (Fsp3) is 0.385. The third kappa shape index (κ3) is 2.61. The third-order valence-electron chi connectivity index (χ3n) is 3.68. The highest BCUT2D eigenvalue weighted by molar-refractivity contribution is 6.43. The van der Waals surface area contributed by atoms with E-state index in [2.05, 4.69) is 27.5 Å². The van der Waals surface area contributed by atoms with Gasteiger partial charge in [-0.2, -0.15) is 5.21 Å². The van der Waals surface area contributed by atoms with Gasteiger partial charge in [-0.05, 0) is 41.2 Å². The highest BCUT2D eigenvalue weighted by Gasteiger charge is 2.27. The number of nitrogens with one attached hydrogen (secondary N) is 1. The molecule has 8 heteroatoms. The van der Waals surface area contributed by atoms with E-state index in [1.807, 2.05) is 0 Å². The lowest BCUT2D eigenvalue weighted by atomic mass is 10.0. The van der Waals surface area contributed by atoms with E-state index in [0.717, 1.165) is 30.4 Å². The zero-order valence-electron chi connectivity index (χ0n) is 11.2. The van der Waals surface area contributed by atoms with Crippen LogP contribution in [-0.4, -0.2) is 26.6 Å². The van der Waals surface area contributed by atoms with Crippen LogP contribution in [0.3, 0.4) is 0 Å². The van der Waals surface area contributed by atoms with E-state index in [1.54, 1.807) is 6.07 Å². The van der Waals surface area contributed by atoms with Gasteiger partial charge in [0.25, 0.3) is 5.82 Å². The number of fused-ring (bicyclic) bond motifs is 1. The molecule has 0 bridgehead atoms. The third-order valence-corrected chi connectivity index (χ3v) is 4.57. The summed E-state index contributed by atoms with van der Waals surface area (Å²) < 4.78 is 5.22. The zero-order valence-corrected chi connectivity index (χ0v) is 12.7. The van der Waals surface area contributed by atoms with Crippen molar-refractivity contribution < 1.29 is 9.53 Å². The number of rotatable bonds is 3. The molecule has 2 aromatic rings. The lowest BCUT2D eigenvalue weighted by Crippen LogP contribution is -2.11. The van der Waals surface area contributed by atoms with Crippen LogP contribution < -0.4 is 4.74 Å². The van der Waals surface area contributed by atoms with Crippen molar-refractivity contribution in [2.24, 2.45) is 5.92 Å². The smallest absolute Gasteiger partial charge is 0.385 e. The van der Waals surface area contributed by atoms with Gasteiger partial charge >= 0.3 is 5.97 Å². The number of tetrazole rings is 1. The van der Waals surface area contributed by atoms with Crippen molar-refractivity contribution in [2.75, 3.05) is 0 Å². The first-order valence-corrected chi connectivity index (χ1v) is 7.31. The summed E-state index contributed by atoms with van der Waals surface area (Å²) in [5.74, 6) is -0.107. The molecule has 1 aromatic heterocycles. The predicted octanol–water partition coefficient (Wildman–Crippen LogP) is 2.85. The van der Waals surface area contributed by atoms with E-state index in [4.69, 9.17) is 27.9 Å². The molecule has 0 aliphatic heterocycles. The molecule has 21 heavy (non-hydrogen) atoms. The fourth-order valence-electron chi connectivity index (χ4n) is 2.52. The maximum Gasteiger partial charge on any atom is 0.385 e. The maximum atomic E-state index is 11.9. The molecule has 0 saturated heterocycles. The molecule has 3 rings (SSSR count). The Kier molecular flexibility index (Phi) is 3.82. The number of nitrogens with zero attached hydrogens (tertiary/aromatic N) is 3. The monoisotopic (exact) mass is 326 g/mol. The van der Waals surface area contributed by atoms with Crippen molar-refractivity contribution in [1.82, 2.24) is 20.6 Å². The highest BCUT2D eigenvalue weighted by Crippen LogP contribution is 2.42. The first-order chi connectivity index (χ1) is 10.1. The average molecular weight is 327 g/mol. The second kappa shape index (κ2) is 5.61. The summed E-state index contributed by atoms with van der Waals surface area (Å²) in [5, 5.41) is 13.3. The Morgan fingerprint density at radius 1 is 1.43 bits per heavy atom. The van der Waals surface area contributed by atoms with E-state index < -0.39 is 5.97 Å². The Bertz CT molecular complexity index is 688. The van der Waals surface area contributed by atoms with Gasteiger partial charge in [0.05, 0.1) is 5.02 Å². The highest BCUT2D eigenvalue weighted by atomic mass is 35.5. The molecular weight excluding hydrogens is 315 g/mol. The summed E-state index contributed by atoms with van der Waals surface area (Å²) >= 11 is 12.5. The minimum Gasteiger partial charge on any atom is -0.419 e. The number of aromatic nitrogens is 4. The van der Waals surface area contributed by atoms with Crippen LogP contribution in [0.1, 0.15) is 35.1 Å². The van der Waals surface area contributed by atoms with E-state index in [1.165, 1.54) is 0 Å². The van der Waals surface area contributed by atoms with Gasteiger partial charge < -0.3 is 4.74 Å². The molecule has 1 unspecified atom stereocenters. The Morgan fingerprint density at radius 3 is 2.90 bits per heavy atom. The van der Waals surface area contributed by atoms with Crippen molar-refractivity contribution in [3.05, 3.63) is 33.1 Å². The zero-order chi connectivity index (χ0) is 15.0. The molecule has 0 amide bonds. The Hall–Kier alpha value is -1.66. The van der Waals surface area contributed by atoms with Crippen LogP contribution >= 0.6 is 23.2 Å². The van der Waals surface area contributed by atoms with Gasteiger partial charge in [0.1, 0.15) is 5.02 Å². The van der Waals surface area contributed by atoms with E-state index in [9.17, 15) is 4.79 Å². The van der Waals surface area contributed by atoms with Crippen molar-refractivity contribution in [1.29, 1.82) is 0 Å². The molecule has 1 atom stereocenters. The molecule has 0 saturated carbocycles. The molecule has 1 aromatic carbocycles. The van der Waals surface area contributed by atoms with Gasteiger partial charge in [-0.15, -0.1) is 10.2 Å². The molecule has 6 nitrogen and oxygen atoms in total. The van der Waals surface area contributed by atoms with Crippen LogP contribution in [0, 0.1) is 5.92 Å². The van der Waals surface area contributed by atoms with Crippen LogP contribution in [0.25, 0.3) is 0 Å². The molecular formula is C13H12Cl2N4O2. The van der Waals surface area contributed by atoms with Gasteiger partial charge in [0.2, 0.25) is 0 Å². The van der Waals surface area contributed by atoms with E-state index in [-0.39, 0.29) is 16.6 Å². The van der Waals surface area contributed by atoms with Crippen molar-refractivity contribution in [3.8, 4) is 5.75 Å². The van der Waals surface area contributed by atoms with Gasteiger partial charge in [-0.1, -0.05) is 36.5 Å². The first kappa shape index (κ1) is 14.3. The molecule has 0 fully saturated rings. The van der Waals surface area contributed by atoms with Crippen LogP contribution in [0.2, 0.25) is 10.0 Å². The Morgan fingerprint density at radius 2 is 2.24 bits per heavy atom. The van der Waals surface area contributed by atoms with Crippen LogP contribution in [-0.2, 0) is 12.8 Å². The number of benzene rings is 1. The minimum absolute atomic E-state index is 0.158. The normalized spacial score (nSPS) is 16.8. The Balaban J connectivity index is 1.91. The molecule has 0 radical (unpaired) electrons. The van der Waals surface area contributed by atoms with Gasteiger partial charge in [0, 0.05) is 0 Å². The number of hydrogen-bond acceptors (Lipinski definition) is 5. The van der Waals surface area contributed by atoms with E-state index in [0.29, 0.717) is 10.9 Å². The second-order valence-electron chi connectivity index (χ2n) is 4.95. The minimum atomic E-state index is -0.730. The number of esters is 1. The molecule has 1 aliphatic rings. The van der Waals surface area contributed by atoms with Gasteiger partial charge in [0.15, 0.2) is 5.75 Å². The van der Waals surface area contributed by atoms with Crippen LogP contribution in [0.4, 0.5) is 0 Å². The number of carbonyl (C=O) groups is 1. The topological polar surface area (TPSA) is 80.8 Å². The molecule has 1 heterocycles. The van der Waals surface area contributed by atoms with Crippen molar-refractivity contribution >= 4 is 29.2 Å². The van der Waals surface area contributed by atoms with E-state index >= 15 is 0 Å². The summed E-state index contributed by atoms with van der Waals surface area (Å²) in [6.45, 7) is 2.14. The second-order valence-corrected chi connectivity index (χ2v) is 5.70. The molecule has 1 aliphatic carbocycles. The number of ether oxygens (including phenoxy) is 1. The molecule has 0 spiro atoms. The number of carbonyl (C=O) groups excluding carboxylic acids is 1. The number of hydrogen-bond donors (Lipinski definition) is 1. The largest absolute Gasteiger partial charge is 0.419 e. The molecule has 1 N–H and O–H groups in total. The summed E-state index contributed by atoms with van der Waals surface area (Å²) in [6, 6.07) is 1.77. The Labute approximate surface area is 130 Å². The molecule has 110 valence electrons. The number of aromatic amines is 1. The summed E-state index contributed by atoms with van der Waals surface area (Å²) in [4.78, 5) is 11.9. The summed E-state index contributed by atoms with van der Waals surface area (Å²) in [6.07, 6.45) is 2.89. The first-order valence-electron chi connectivity index (χ1n) is 6.55. The summed E-state index contributed by atoms with van der Waals surface area (Å²) in [5.41, 5.74) is 2.13. The predicted molar refractivity (Wildman–Crippen MR) is 76.8 cm³/mol. The SMILES string of the molecule is CCC1Cc2cc(OC(=O)c3nn[nH]n3)c(Cl)c(Cl)c2C1. The fourth-order valence-corrected chi connectivity index (χ4v) is 3.02. The van der Waals surface area contributed by atoms with Crippen molar-refractivity contribution in [2.45, 2.75) is 26.2 Å². The van der Waals surface area contributed by atoms with Gasteiger partial charge in [-0.25, -0.2) is 4.79 Å².